The average molecular weight is 208 g/mol. The molecule has 0 aliphatic rings. The van der Waals surface area contributed by atoms with E-state index in [9.17, 15) is 5.11 Å². The maximum Gasteiger partial charge on any atom is 0.0626 e. The molecule has 0 amide bonds. The van der Waals surface area contributed by atoms with Crippen LogP contribution in [0.3, 0.4) is 0 Å². The van der Waals surface area contributed by atoms with E-state index >= 15 is 0 Å². The van der Waals surface area contributed by atoms with Crippen LogP contribution in [0.5, 0.6) is 0 Å². The van der Waals surface area contributed by atoms with E-state index in [0.717, 1.165) is 31.4 Å². The first-order chi connectivity index (χ1) is 7.05. The van der Waals surface area contributed by atoms with Gasteiger partial charge in [0.2, 0.25) is 0 Å². The molecule has 0 radical (unpaired) electrons. The van der Waals surface area contributed by atoms with Gasteiger partial charge in [-0.15, -0.1) is 6.58 Å². The number of allylic oxidation sites excluding steroid dienone is 1. The summed E-state index contributed by atoms with van der Waals surface area (Å²) in [6.07, 6.45) is 6.89. The van der Waals surface area contributed by atoms with Crippen LogP contribution < -0.4 is 0 Å². The van der Waals surface area contributed by atoms with E-state index in [1.54, 1.807) is 6.20 Å². The lowest BCUT2D eigenvalue weighted by Crippen LogP contribution is -2.24. The summed E-state index contributed by atoms with van der Waals surface area (Å²) in [6, 6.07) is 1.99. The van der Waals surface area contributed by atoms with Crippen molar-refractivity contribution >= 4 is 0 Å². The highest BCUT2D eigenvalue weighted by Gasteiger charge is 2.19. The Hall–Kier alpha value is -1.09. The lowest BCUT2D eigenvalue weighted by molar-refractivity contribution is 0.0428. The van der Waals surface area contributed by atoms with Gasteiger partial charge in [0.05, 0.1) is 5.60 Å². The normalized spacial score (nSPS) is 14.9. The van der Waals surface area contributed by atoms with Gasteiger partial charge in [0.25, 0.3) is 0 Å². The van der Waals surface area contributed by atoms with Gasteiger partial charge < -0.3 is 5.11 Å². The molecule has 0 aromatic carbocycles. The van der Waals surface area contributed by atoms with Crippen LogP contribution in [-0.4, -0.2) is 20.5 Å². The van der Waals surface area contributed by atoms with Gasteiger partial charge in [-0.3, -0.25) is 4.68 Å². The third kappa shape index (κ3) is 3.88. The van der Waals surface area contributed by atoms with Crippen LogP contribution in [0.2, 0.25) is 0 Å². The summed E-state index contributed by atoms with van der Waals surface area (Å²) in [5.41, 5.74) is 0.562. The standard InChI is InChI=1S/C12H20N2O/c1-4-5-8-12(2,15)9-6-11-7-10-13-14(11)3/h4,7,10,15H,1,5-6,8-9H2,2-3H3. The second kappa shape index (κ2) is 5.12. The fraction of sp³-hybridized carbons (Fsp3) is 0.583. The fourth-order valence-electron chi connectivity index (χ4n) is 1.58. The van der Waals surface area contributed by atoms with Gasteiger partial charge in [-0.25, -0.2) is 0 Å². The van der Waals surface area contributed by atoms with Gasteiger partial charge in [-0.1, -0.05) is 6.08 Å². The van der Waals surface area contributed by atoms with Gasteiger partial charge >= 0.3 is 0 Å². The second-order valence-electron chi connectivity index (χ2n) is 4.27. The van der Waals surface area contributed by atoms with Crippen molar-refractivity contribution < 1.29 is 5.11 Å². The predicted molar refractivity (Wildman–Crippen MR) is 61.6 cm³/mol. The van der Waals surface area contributed by atoms with Gasteiger partial charge in [0.1, 0.15) is 0 Å². The van der Waals surface area contributed by atoms with Crippen LogP contribution in [0.4, 0.5) is 0 Å². The zero-order chi connectivity index (χ0) is 11.3. The molecule has 1 atom stereocenters. The number of rotatable bonds is 6. The van der Waals surface area contributed by atoms with Crippen molar-refractivity contribution in [2.45, 2.75) is 38.2 Å². The number of aromatic nitrogens is 2. The summed E-state index contributed by atoms with van der Waals surface area (Å²) in [5.74, 6) is 0. The Labute approximate surface area is 91.4 Å². The van der Waals surface area contributed by atoms with Crippen molar-refractivity contribution in [3.63, 3.8) is 0 Å². The Morgan fingerprint density at radius 1 is 1.60 bits per heavy atom. The molecule has 1 unspecified atom stereocenters. The third-order valence-corrected chi connectivity index (χ3v) is 2.73. The van der Waals surface area contributed by atoms with Crippen molar-refractivity contribution in [2.24, 2.45) is 7.05 Å². The molecule has 1 N–H and O–H groups in total. The topological polar surface area (TPSA) is 38.1 Å². The molecule has 0 saturated heterocycles. The molecular weight excluding hydrogens is 188 g/mol. The van der Waals surface area contributed by atoms with Gasteiger partial charge in [-0.2, -0.15) is 5.10 Å². The number of nitrogens with zero attached hydrogens (tertiary/aromatic N) is 2. The smallest absolute Gasteiger partial charge is 0.0626 e. The van der Waals surface area contributed by atoms with Crippen LogP contribution in [0.1, 0.15) is 31.9 Å². The maximum atomic E-state index is 10.1. The van der Waals surface area contributed by atoms with Crippen molar-refractivity contribution in [2.75, 3.05) is 0 Å². The molecule has 1 heterocycles. The highest BCUT2D eigenvalue weighted by Crippen LogP contribution is 2.19. The SMILES string of the molecule is C=CCCC(C)(O)CCc1ccnn1C. The average Bonchev–Trinajstić information content (AvgIpc) is 2.58. The third-order valence-electron chi connectivity index (χ3n) is 2.73. The minimum atomic E-state index is -0.599. The van der Waals surface area contributed by atoms with Crippen LogP contribution in [0.15, 0.2) is 24.9 Å². The Balaban J connectivity index is 2.42. The lowest BCUT2D eigenvalue weighted by atomic mass is 9.93. The minimum Gasteiger partial charge on any atom is -0.390 e. The Morgan fingerprint density at radius 3 is 2.87 bits per heavy atom. The highest BCUT2D eigenvalue weighted by atomic mass is 16.3. The van der Waals surface area contributed by atoms with Gasteiger partial charge in [0, 0.05) is 18.9 Å². The molecule has 3 nitrogen and oxygen atoms in total. The summed E-state index contributed by atoms with van der Waals surface area (Å²) in [6.45, 7) is 5.54. The van der Waals surface area contributed by atoms with Gasteiger partial charge in [-0.05, 0) is 38.7 Å². The van der Waals surface area contributed by atoms with Crippen molar-refractivity contribution in [3.05, 3.63) is 30.6 Å². The molecule has 84 valence electrons. The number of hydrogen-bond donors (Lipinski definition) is 1. The maximum absolute atomic E-state index is 10.1. The molecule has 15 heavy (non-hydrogen) atoms. The van der Waals surface area contributed by atoms with E-state index < -0.39 is 5.60 Å². The molecule has 1 aromatic heterocycles. The first kappa shape index (κ1) is 12.0. The first-order valence-electron chi connectivity index (χ1n) is 5.35. The summed E-state index contributed by atoms with van der Waals surface area (Å²) < 4.78 is 1.85. The lowest BCUT2D eigenvalue weighted by Gasteiger charge is -2.22. The molecule has 1 aromatic rings. The molecule has 0 saturated carbocycles. The van der Waals surface area contributed by atoms with E-state index in [-0.39, 0.29) is 0 Å². The molecule has 0 bridgehead atoms. The predicted octanol–water partition coefficient (Wildman–Crippen LogP) is 2.07. The molecule has 1 rings (SSSR count). The minimum absolute atomic E-state index is 0.599. The van der Waals surface area contributed by atoms with Crippen LogP contribution in [0, 0.1) is 0 Å². The molecule has 0 spiro atoms. The summed E-state index contributed by atoms with van der Waals surface area (Å²) >= 11 is 0. The van der Waals surface area contributed by atoms with Crippen LogP contribution in [-0.2, 0) is 13.5 Å². The largest absolute Gasteiger partial charge is 0.390 e. The highest BCUT2D eigenvalue weighted by molar-refractivity contribution is 5.01. The van der Waals surface area contributed by atoms with E-state index in [1.165, 1.54) is 0 Å². The van der Waals surface area contributed by atoms with Crippen molar-refractivity contribution in [1.82, 2.24) is 9.78 Å². The number of aryl methyl sites for hydroxylation is 2. The zero-order valence-electron chi connectivity index (χ0n) is 9.61. The Kier molecular flexibility index (Phi) is 4.09. The quantitative estimate of drug-likeness (QED) is 0.727. The second-order valence-corrected chi connectivity index (χ2v) is 4.27. The monoisotopic (exact) mass is 208 g/mol. The van der Waals surface area contributed by atoms with Crippen LogP contribution >= 0.6 is 0 Å². The summed E-state index contributed by atoms with van der Waals surface area (Å²) in [5, 5.41) is 14.2. The van der Waals surface area contributed by atoms with E-state index in [4.69, 9.17) is 0 Å². The first-order valence-corrected chi connectivity index (χ1v) is 5.35. The fourth-order valence-corrected chi connectivity index (χ4v) is 1.58. The number of aliphatic hydroxyl groups is 1. The summed E-state index contributed by atoms with van der Waals surface area (Å²) in [4.78, 5) is 0. The molecule has 3 heteroatoms. The Morgan fingerprint density at radius 2 is 2.33 bits per heavy atom. The Bertz CT molecular complexity index is 315. The summed E-state index contributed by atoms with van der Waals surface area (Å²) in [7, 11) is 1.92. The van der Waals surface area contributed by atoms with E-state index in [0.29, 0.717) is 0 Å². The zero-order valence-corrected chi connectivity index (χ0v) is 9.61. The molecule has 0 aliphatic carbocycles. The van der Waals surface area contributed by atoms with Crippen LogP contribution in [0.25, 0.3) is 0 Å². The number of hydrogen-bond acceptors (Lipinski definition) is 2. The van der Waals surface area contributed by atoms with E-state index in [1.807, 2.05) is 30.8 Å². The van der Waals surface area contributed by atoms with Crippen molar-refractivity contribution in [1.29, 1.82) is 0 Å². The molecular formula is C12H20N2O. The molecule has 0 aliphatic heterocycles. The van der Waals surface area contributed by atoms with Crippen molar-refractivity contribution in [3.8, 4) is 0 Å². The molecule has 0 fully saturated rings. The van der Waals surface area contributed by atoms with Gasteiger partial charge in [0.15, 0.2) is 0 Å². The van der Waals surface area contributed by atoms with E-state index in [2.05, 4.69) is 11.7 Å².